The first-order valence-electron chi connectivity index (χ1n) is 8.24. The van der Waals surface area contributed by atoms with Crippen LogP contribution in [0.4, 0.5) is 0 Å². The third kappa shape index (κ3) is 7.57. The van der Waals surface area contributed by atoms with Crippen LogP contribution in [0.1, 0.15) is 64.8 Å². The molecule has 1 aromatic carbocycles. The molecule has 0 heterocycles. The molecule has 6 heteroatoms. The summed E-state index contributed by atoms with van der Waals surface area (Å²) in [6.07, 6.45) is 8.15. The highest BCUT2D eigenvalue weighted by Gasteiger charge is 2.11. The van der Waals surface area contributed by atoms with E-state index in [1.807, 2.05) is 0 Å². The van der Waals surface area contributed by atoms with Crippen LogP contribution in [-0.4, -0.2) is 46.6 Å². The van der Waals surface area contributed by atoms with Gasteiger partial charge < -0.3 is 20.1 Å². The number of carbonyl (C=O) groups is 2. The quantitative estimate of drug-likeness (QED) is 0.713. The zero-order valence-electron chi connectivity index (χ0n) is 14.0. The highest BCUT2D eigenvalue weighted by atomic mass is 16.5. The Morgan fingerprint density at radius 1 is 1.00 bits per heavy atom. The van der Waals surface area contributed by atoms with Crippen molar-refractivity contribution in [2.75, 3.05) is 13.2 Å². The molecule has 24 heavy (non-hydrogen) atoms. The molecule has 1 aliphatic rings. The van der Waals surface area contributed by atoms with Gasteiger partial charge in [0.05, 0.1) is 30.4 Å². The van der Waals surface area contributed by atoms with Crippen molar-refractivity contribution in [1.29, 1.82) is 0 Å². The third-order valence-corrected chi connectivity index (χ3v) is 3.82. The lowest BCUT2D eigenvalue weighted by atomic mass is 10.1. The maximum atomic E-state index is 10.5. The standard InChI is InChI=1S/C9H8O4.C9H18O2/c1-5-2-6(8(10)11)4-7(3-5)9(12)13;10-7-8-11-9-5-3-1-2-4-6-9/h2-4H,1H3,(H,10,11)(H,12,13);9-10H,1-8H2. The molecule has 1 aromatic rings. The molecule has 0 amide bonds. The topological polar surface area (TPSA) is 104 Å². The van der Waals surface area contributed by atoms with Crippen LogP contribution < -0.4 is 0 Å². The molecule has 0 saturated heterocycles. The Hall–Kier alpha value is -1.92. The first-order chi connectivity index (χ1) is 11.4. The van der Waals surface area contributed by atoms with Crippen LogP contribution in [0, 0.1) is 6.92 Å². The molecule has 0 aromatic heterocycles. The summed E-state index contributed by atoms with van der Waals surface area (Å²) in [6.45, 7) is 2.33. The average Bonchev–Trinajstić information content (AvgIpc) is 2.81. The molecule has 6 nitrogen and oxygen atoms in total. The third-order valence-electron chi connectivity index (χ3n) is 3.82. The van der Waals surface area contributed by atoms with Crippen molar-refractivity contribution in [3.05, 3.63) is 34.9 Å². The minimum Gasteiger partial charge on any atom is -0.478 e. The zero-order chi connectivity index (χ0) is 17.9. The highest BCUT2D eigenvalue weighted by Crippen LogP contribution is 2.19. The lowest BCUT2D eigenvalue weighted by molar-refractivity contribution is 0.0208. The van der Waals surface area contributed by atoms with Crippen LogP contribution in [0.5, 0.6) is 0 Å². The zero-order valence-corrected chi connectivity index (χ0v) is 14.0. The van der Waals surface area contributed by atoms with Crippen molar-refractivity contribution in [1.82, 2.24) is 0 Å². The molecule has 2 rings (SSSR count). The van der Waals surface area contributed by atoms with Gasteiger partial charge in [0.2, 0.25) is 0 Å². The second-order valence-electron chi connectivity index (χ2n) is 5.91. The number of aliphatic hydroxyl groups excluding tert-OH is 1. The molecule has 0 atom stereocenters. The Balaban J connectivity index is 0.000000243. The number of hydrogen-bond donors (Lipinski definition) is 3. The largest absolute Gasteiger partial charge is 0.478 e. The number of ether oxygens (including phenoxy) is 1. The summed E-state index contributed by atoms with van der Waals surface area (Å²) in [7, 11) is 0. The normalized spacial score (nSPS) is 15.1. The summed E-state index contributed by atoms with van der Waals surface area (Å²) in [6, 6.07) is 3.99. The monoisotopic (exact) mass is 338 g/mol. The number of benzene rings is 1. The molecular weight excluding hydrogens is 312 g/mol. The second-order valence-corrected chi connectivity index (χ2v) is 5.91. The summed E-state index contributed by atoms with van der Waals surface area (Å²) in [5.41, 5.74) is 0.618. The summed E-state index contributed by atoms with van der Waals surface area (Å²) < 4.78 is 5.46. The predicted octanol–water partition coefficient (Wildman–Crippen LogP) is 3.11. The van der Waals surface area contributed by atoms with E-state index in [1.54, 1.807) is 6.92 Å². The SMILES string of the molecule is Cc1cc(C(=O)O)cc(C(=O)O)c1.OCCOC1CCCCCC1. The van der Waals surface area contributed by atoms with Crippen LogP contribution in [0.15, 0.2) is 18.2 Å². The van der Waals surface area contributed by atoms with E-state index in [9.17, 15) is 9.59 Å². The van der Waals surface area contributed by atoms with Gasteiger partial charge in [-0.05, 0) is 43.5 Å². The van der Waals surface area contributed by atoms with Gasteiger partial charge in [-0.3, -0.25) is 0 Å². The van der Waals surface area contributed by atoms with Gasteiger partial charge in [-0.1, -0.05) is 25.7 Å². The van der Waals surface area contributed by atoms with Crippen LogP contribution in [0.2, 0.25) is 0 Å². The van der Waals surface area contributed by atoms with Crippen molar-refractivity contribution in [2.24, 2.45) is 0 Å². The lowest BCUT2D eigenvalue weighted by Crippen LogP contribution is -2.14. The van der Waals surface area contributed by atoms with Gasteiger partial charge in [-0.2, -0.15) is 0 Å². The number of aromatic carboxylic acids is 2. The Labute approximate surface area is 142 Å². The fraction of sp³-hybridized carbons (Fsp3) is 0.556. The van der Waals surface area contributed by atoms with Gasteiger partial charge in [-0.25, -0.2) is 9.59 Å². The molecule has 0 spiro atoms. The summed E-state index contributed by atoms with van der Waals surface area (Å²) in [4.78, 5) is 21.1. The van der Waals surface area contributed by atoms with Crippen LogP contribution in [-0.2, 0) is 4.74 Å². The molecule has 0 aliphatic heterocycles. The fourth-order valence-corrected chi connectivity index (χ4v) is 2.66. The van der Waals surface area contributed by atoms with Gasteiger partial charge in [0, 0.05) is 0 Å². The number of aryl methyl sites for hydroxylation is 1. The van der Waals surface area contributed by atoms with Crippen molar-refractivity contribution in [3.63, 3.8) is 0 Å². The van der Waals surface area contributed by atoms with E-state index >= 15 is 0 Å². The Kier molecular flexibility index (Phi) is 9.04. The fourth-order valence-electron chi connectivity index (χ4n) is 2.66. The molecule has 0 bridgehead atoms. The minimum atomic E-state index is -1.12. The van der Waals surface area contributed by atoms with E-state index in [0.29, 0.717) is 18.3 Å². The van der Waals surface area contributed by atoms with Gasteiger partial charge in [-0.15, -0.1) is 0 Å². The maximum absolute atomic E-state index is 10.5. The molecular formula is C18H26O6. The molecule has 3 N–H and O–H groups in total. The summed E-state index contributed by atoms with van der Waals surface area (Å²) in [5.74, 6) is -2.24. The average molecular weight is 338 g/mol. The molecule has 1 aliphatic carbocycles. The predicted molar refractivity (Wildman–Crippen MR) is 89.6 cm³/mol. The van der Waals surface area contributed by atoms with Crippen molar-refractivity contribution < 1.29 is 29.6 Å². The van der Waals surface area contributed by atoms with Crippen molar-refractivity contribution >= 4 is 11.9 Å². The summed E-state index contributed by atoms with van der Waals surface area (Å²) in [5, 5.41) is 25.8. The Bertz CT molecular complexity index is 500. The minimum absolute atomic E-state index is 0.00241. The van der Waals surface area contributed by atoms with Crippen molar-refractivity contribution in [3.8, 4) is 0 Å². The Morgan fingerprint density at radius 2 is 1.50 bits per heavy atom. The van der Waals surface area contributed by atoms with E-state index in [2.05, 4.69) is 0 Å². The molecule has 1 fully saturated rings. The highest BCUT2D eigenvalue weighted by molar-refractivity contribution is 5.94. The lowest BCUT2D eigenvalue weighted by Gasteiger charge is -2.13. The Morgan fingerprint density at radius 3 is 1.92 bits per heavy atom. The molecule has 134 valence electrons. The van der Waals surface area contributed by atoms with Crippen molar-refractivity contribution in [2.45, 2.75) is 51.6 Å². The van der Waals surface area contributed by atoms with Crippen LogP contribution in [0.25, 0.3) is 0 Å². The first-order valence-corrected chi connectivity index (χ1v) is 8.24. The first kappa shape index (κ1) is 20.1. The smallest absolute Gasteiger partial charge is 0.335 e. The van der Waals surface area contributed by atoms with Gasteiger partial charge in [0.1, 0.15) is 0 Å². The van der Waals surface area contributed by atoms with E-state index in [4.69, 9.17) is 20.1 Å². The van der Waals surface area contributed by atoms with Gasteiger partial charge >= 0.3 is 11.9 Å². The van der Waals surface area contributed by atoms with E-state index in [1.165, 1.54) is 50.7 Å². The van der Waals surface area contributed by atoms with E-state index in [0.717, 1.165) is 6.07 Å². The van der Waals surface area contributed by atoms with Gasteiger partial charge in [0.15, 0.2) is 0 Å². The molecule has 0 unspecified atom stereocenters. The number of carboxylic acid groups (broad SMARTS) is 2. The number of aliphatic hydroxyl groups is 1. The van der Waals surface area contributed by atoms with Crippen LogP contribution in [0.3, 0.4) is 0 Å². The van der Waals surface area contributed by atoms with E-state index < -0.39 is 11.9 Å². The molecule has 1 saturated carbocycles. The van der Waals surface area contributed by atoms with Gasteiger partial charge in [0.25, 0.3) is 0 Å². The second kappa shape index (κ2) is 10.8. The maximum Gasteiger partial charge on any atom is 0.335 e. The van der Waals surface area contributed by atoms with Crippen LogP contribution >= 0.6 is 0 Å². The molecule has 0 radical (unpaired) electrons. The number of carboxylic acids is 2. The number of rotatable bonds is 5. The number of hydrogen-bond acceptors (Lipinski definition) is 4. The summed E-state index contributed by atoms with van der Waals surface area (Å²) >= 11 is 0. The van der Waals surface area contributed by atoms with E-state index in [-0.39, 0.29) is 17.7 Å².